The van der Waals surface area contributed by atoms with Crippen molar-refractivity contribution < 1.29 is 17.9 Å². The lowest BCUT2D eigenvalue weighted by molar-refractivity contribution is -0.137. The lowest BCUT2D eigenvalue weighted by Gasteiger charge is -2.11. The van der Waals surface area contributed by atoms with Crippen LogP contribution in [0.15, 0.2) is 22.7 Å². The van der Waals surface area contributed by atoms with Crippen molar-refractivity contribution in [1.29, 1.82) is 0 Å². The average molecular weight is 382 g/mol. The van der Waals surface area contributed by atoms with E-state index in [-0.39, 0.29) is 11.4 Å². The molecule has 114 valence electrons. The molecule has 0 aliphatic carbocycles. The van der Waals surface area contributed by atoms with Crippen molar-refractivity contribution in [2.45, 2.75) is 6.18 Å². The van der Waals surface area contributed by atoms with Crippen LogP contribution in [0.2, 0.25) is 0 Å². The van der Waals surface area contributed by atoms with Crippen LogP contribution in [0.5, 0.6) is 0 Å². The van der Waals surface area contributed by atoms with Gasteiger partial charge in [-0.25, -0.2) is 0 Å². The lowest BCUT2D eigenvalue weighted by Crippen LogP contribution is -2.08. The smallest absolute Gasteiger partial charge is 0.383 e. The maximum absolute atomic E-state index is 13.1. The van der Waals surface area contributed by atoms with Crippen LogP contribution in [-0.4, -0.2) is 29.6 Å². The quantitative estimate of drug-likeness (QED) is 0.793. The molecule has 0 fully saturated rings. The lowest BCUT2D eigenvalue weighted by atomic mass is 10.1. The van der Waals surface area contributed by atoms with Gasteiger partial charge in [-0.05, 0) is 18.2 Å². The fraction of sp³-hybridized carbons (Fsp3) is 0.333. The zero-order chi connectivity index (χ0) is 15.5. The maximum atomic E-state index is 13.1. The highest BCUT2D eigenvalue weighted by molar-refractivity contribution is 9.10. The number of alkyl halides is 3. The van der Waals surface area contributed by atoms with Gasteiger partial charge in [0, 0.05) is 35.2 Å². The molecule has 0 saturated carbocycles. The zero-order valence-electron chi connectivity index (χ0n) is 10.9. The second-order valence-electron chi connectivity index (χ2n) is 4.03. The molecule has 4 nitrogen and oxygen atoms in total. The van der Waals surface area contributed by atoms with Crippen LogP contribution in [-0.2, 0) is 10.9 Å². The van der Waals surface area contributed by atoms with Gasteiger partial charge in [0.15, 0.2) is 5.82 Å². The molecule has 1 N–H and O–H groups in total. The van der Waals surface area contributed by atoms with Crippen molar-refractivity contribution >= 4 is 32.6 Å². The van der Waals surface area contributed by atoms with E-state index in [0.29, 0.717) is 22.8 Å². The molecule has 2 rings (SSSR count). The van der Waals surface area contributed by atoms with Crippen molar-refractivity contribution in [1.82, 2.24) is 9.36 Å². The molecule has 0 unspecified atom stereocenters. The van der Waals surface area contributed by atoms with Crippen LogP contribution in [0.25, 0.3) is 11.4 Å². The SMILES string of the molecule is COCCNc1nc(-c2ccc(Br)cc2C(F)(F)F)ns1. The van der Waals surface area contributed by atoms with Gasteiger partial charge in [-0.1, -0.05) is 15.9 Å². The first-order valence-corrected chi connectivity index (χ1v) is 7.42. The fourth-order valence-corrected chi connectivity index (χ4v) is 2.58. The Bertz CT molecular complexity index is 618. The number of hydrogen-bond acceptors (Lipinski definition) is 5. The highest BCUT2D eigenvalue weighted by Crippen LogP contribution is 2.38. The van der Waals surface area contributed by atoms with Crippen molar-refractivity contribution in [3.05, 3.63) is 28.2 Å². The number of rotatable bonds is 5. The van der Waals surface area contributed by atoms with Gasteiger partial charge >= 0.3 is 6.18 Å². The van der Waals surface area contributed by atoms with Gasteiger partial charge in [-0.2, -0.15) is 22.5 Å². The first-order valence-electron chi connectivity index (χ1n) is 5.85. The molecule has 2 aromatic rings. The van der Waals surface area contributed by atoms with E-state index in [0.717, 1.165) is 17.6 Å². The van der Waals surface area contributed by atoms with Gasteiger partial charge in [0.1, 0.15) is 0 Å². The summed E-state index contributed by atoms with van der Waals surface area (Å²) in [5.41, 5.74) is -0.806. The molecule has 0 saturated heterocycles. The molecule has 0 aliphatic heterocycles. The van der Waals surface area contributed by atoms with E-state index in [1.807, 2.05) is 0 Å². The molecule has 0 bridgehead atoms. The van der Waals surface area contributed by atoms with Gasteiger partial charge in [0.2, 0.25) is 5.13 Å². The minimum Gasteiger partial charge on any atom is -0.383 e. The van der Waals surface area contributed by atoms with Crippen LogP contribution in [0.4, 0.5) is 18.3 Å². The van der Waals surface area contributed by atoms with E-state index in [1.54, 1.807) is 7.11 Å². The van der Waals surface area contributed by atoms with Crippen molar-refractivity contribution in [3.63, 3.8) is 0 Å². The third-order valence-corrected chi connectivity index (χ3v) is 3.70. The Hall–Kier alpha value is -1.19. The summed E-state index contributed by atoms with van der Waals surface area (Å²) in [5, 5.41) is 3.39. The van der Waals surface area contributed by atoms with E-state index in [2.05, 4.69) is 30.6 Å². The summed E-state index contributed by atoms with van der Waals surface area (Å²) >= 11 is 4.06. The van der Waals surface area contributed by atoms with Gasteiger partial charge in [0.05, 0.1) is 12.2 Å². The largest absolute Gasteiger partial charge is 0.417 e. The van der Waals surface area contributed by atoms with E-state index < -0.39 is 11.7 Å². The van der Waals surface area contributed by atoms with Crippen LogP contribution < -0.4 is 5.32 Å². The summed E-state index contributed by atoms with van der Waals surface area (Å²) in [5.74, 6) is 0.0553. The normalized spacial score (nSPS) is 11.7. The summed E-state index contributed by atoms with van der Waals surface area (Å²) < 4.78 is 48.4. The number of halogens is 4. The van der Waals surface area contributed by atoms with E-state index in [4.69, 9.17) is 4.74 Å². The molecule has 1 heterocycles. The predicted octanol–water partition coefficient (Wildman–Crippen LogP) is 4.04. The van der Waals surface area contributed by atoms with Crippen LogP contribution in [0.1, 0.15) is 5.56 Å². The standard InChI is InChI=1S/C12H11BrF3N3OS/c1-20-5-4-17-11-18-10(19-21-11)8-3-2-7(13)6-9(8)12(14,15)16/h2-3,6H,4-5H2,1H3,(H,17,18,19). The molecule has 0 aliphatic rings. The van der Waals surface area contributed by atoms with Crippen molar-refractivity contribution in [3.8, 4) is 11.4 Å². The highest BCUT2D eigenvalue weighted by Gasteiger charge is 2.34. The summed E-state index contributed by atoms with van der Waals surface area (Å²) in [6.07, 6.45) is -4.46. The van der Waals surface area contributed by atoms with E-state index in [1.165, 1.54) is 12.1 Å². The van der Waals surface area contributed by atoms with E-state index in [9.17, 15) is 13.2 Å². The molecule has 0 amide bonds. The number of methoxy groups -OCH3 is 1. The summed E-state index contributed by atoms with van der Waals surface area (Å²) in [6, 6.07) is 3.91. The van der Waals surface area contributed by atoms with Crippen molar-refractivity contribution in [2.24, 2.45) is 0 Å². The number of ether oxygens (including phenoxy) is 1. The minimum absolute atomic E-state index is 0.0401. The number of aromatic nitrogens is 2. The molecule has 1 aromatic carbocycles. The highest BCUT2D eigenvalue weighted by atomic mass is 79.9. The molecule has 1 aromatic heterocycles. The average Bonchev–Trinajstić information content (AvgIpc) is 2.87. The Morgan fingerprint density at radius 2 is 2.14 bits per heavy atom. The van der Waals surface area contributed by atoms with Gasteiger partial charge in [-0.15, -0.1) is 0 Å². The van der Waals surface area contributed by atoms with E-state index >= 15 is 0 Å². The van der Waals surface area contributed by atoms with Gasteiger partial charge in [0.25, 0.3) is 0 Å². The molecule has 0 spiro atoms. The number of nitrogens with zero attached hydrogens (tertiary/aromatic N) is 2. The van der Waals surface area contributed by atoms with Crippen LogP contribution in [0.3, 0.4) is 0 Å². The minimum atomic E-state index is -4.46. The zero-order valence-corrected chi connectivity index (χ0v) is 13.3. The first kappa shape index (κ1) is 16.2. The van der Waals surface area contributed by atoms with Gasteiger partial charge < -0.3 is 10.1 Å². The summed E-state index contributed by atoms with van der Waals surface area (Å²) in [4.78, 5) is 4.08. The molecule has 0 radical (unpaired) electrons. The predicted molar refractivity (Wildman–Crippen MR) is 78.4 cm³/mol. The third-order valence-electron chi connectivity index (χ3n) is 2.54. The van der Waals surface area contributed by atoms with Crippen LogP contribution in [0, 0.1) is 0 Å². The monoisotopic (exact) mass is 381 g/mol. The number of nitrogens with one attached hydrogen (secondary N) is 1. The summed E-state index contributed by atoms with van der Waals surface area (Å²) in [7, 11) is 1.56. The Morgan fingerprint density at radius 1 is 1.38 bits per heavy atom. The topological polar surface area (TPSA) is 47.0 Å². The third kappa shape index (κ3) is 4.14. The molecule has 9 heteroatoms. The molecule has 21 heavy (non-hydrogen) atoms. The Kier molecular flexibility index (Phi) is 5.17. The number of anilines is 1. The Labute approximate surface area is 131 Å². The molecule has 0 atom stereocenters. The Balaban J connectivity index is 2.30. The molecular weight excluding hydrogens is 371 g/mol. The Morgan fingerprint density at radius 3 is 2.81 bits per heavy atom. The number of benzene rings is 1. The van der Waals surface area contributed by atoms with Crippen LogP contribution >= 0.6 is 27.5 Å². The molecular formula is C12H11BrF3N3OS. The first-order chi connectivity index (χ1) is 9.91. The maximum Gasteiger partial charge on any atom is 0.417 e. The van der Waals surface area contributed by atoms with Gasteiger partial charge in [-0.3, -0.25) is 0 Å². The second kappa shape index (κ2) is 6.71. The number of hydrogen-bond donors (Lipinski definition) is 1. The van der Waals surface area contributed by atoms with Crippen molar-refractivity contribution in [2.75, 3.05) is 25.6 Å². The summed E-state index contributed by atoms with van der Waals surface area (Å²) in [6.45, 7) is 0.985. The fourth-order valence-electron chi connectivity index (χ4n) is 1.61. The second-order valence-corrected chi connectivity index (χ2v) is 5.70.